The molecule has 112 valence electrons. The van der Waals surface area contributed by atoms with Crippen LogP contribution in [0.5, 0.6) is 0 Å². The van der Waals surface area contributed by atoms with Crippen molar-refractivity contribution in [3.05, 3.63) is 26.4 Å². The van der Waals surface area contributed by atoms with Gasteiger partial charge < -0.3 is 0 Å². The lowest BCUT2D eigenvalue weighted by molar-refractivity contribution is 0.102. The molecular weight excluding hydrogens is 302 g/mol. The Hall–Kier alpha value is -1.27. The summed E-state index contributed by atoms with van der Waals surface area (Å²) >= 11 is 3.16. The number of hydrogen-bond acceptors (Lipinski definition) is 5. The molecule has 1 atom stereocenters. The van der Waals surface area contributed by atoms with Gasteiger partial charge >= 0.3 is 0 Å². The fourth-order valence-electron chi connectivity index (χ4n) is 2.55. The molecule has 0 fully saturated rings. The van der Waals surface area contributed by atoms with Gasteiger partial charge in [-0.1, -0.05) is 32.1 Å². The number of rotatable bonds is 3. The van der Waals surface area contributed by atoms with E-state index in [1.807, 2.05) is 5.38 Å². The van der Waals surface area contributed by atoms with Crippen molar-refractivity contribution in [1.82, 2.24) is 10.2 Å². The monoisotopic (exact) mass is 321 g/mol. The van der Waals surface area contributed by atoms with Crippen molar-refractivity contribution in [3.8, 4) is 0 Å². The number of nitrogens with zero attached hydrogens (tertiary/aromatic N) is 2. The van der Waals surface area contributed by atoms with E-state index in [0.717, 1.165) is 29.3 Å². The Morgan fingerprint density at radius 1 is 1.43 bits per heavy atom. The highest BCUT2D eigenvalue weighted by molar-refractivity contribution is 7.15. The number of fused-ring (bicyclic) bond motifs is 1. The standard InChI is InChI=1S/C15H19N3OS2/c1-8(2)14-17-18-15(21-14)16-13(19)11-7-20-12-6-9(3)4-5-10(11)12/h7-9H,4-6H2,1-3H3,(H,16,18,19). The van der Waals surface area contributed by atoms with Gasteiger partial charge in [0.15, 0.2) is 0 Å². The van der Waals surface area contributed by atoms with Gasteiger partial charge in [0.25, 0.3) is 5.91 Å². The second-order valence-electron chi connectivity index (χ2n) is 5.95. The Labute approximate surface area is 132 Å². The van der Waals surface area contributed by atoms with Gasteiger partial charge in [0.1, 0.15) is 5.01 Å². The molecule has 0 aromatic carbocycles. The van der Waals surface area contributed by atoms with Crippen LogP contribution < -0.4 is 5.32 Å². The zero-order chi connectivity index (χ0) is 15.0. The van der Waals surface area contributed by atoms with Crippen molar-refractivity contribution < 1.29 is 4.79 Å². The van der Waals surface area contributed by atoms with Crippen molar-refractivity contribution >= 4 is 33.7 Å². The van der Waals surface area contributed by atoms with Gasteiger partial charge in [-0.2, -0.15) is 0 Å². The Balaban J connectivity index is 1.76. The molecule has 3 rings (SSSR count). The predicted octanol–water partition coefficient (Wildman–Crippen LogP) is 4.10. The minimum Gasteiger partial charge on any atom is -0.296 e. The first kappa shape index (κ1) is 14.7. The molecule has 1 unspecified atom stereocenters. The summed E-state index contributed by atoms with van der Waals surface area (Å²) in [5.74, 6) is 1.01. The first-order chi connectivity index (χ1) is 10.0. The van der Waals surface area contributed by atoms with E-state index in [4.69, 9.17) is 0 Å². The molecule has 0 radical (unpaired) electrons. The molecule has 21 heavy (non-hydrogen) atoms. The molecule has 1 aliphatic carbocycles. The smallest absolute Gasteiger partial charge is 0.258 e. The Morgan fingerprint density at radius 3 is 2.95 bits per heavy atom. The maximum absolute atomic E-state index is 12.4. The van der Waals surface area contributed by atoms with Crippen molar-refractivity contribution in [3.63, 3.8) is 0 Å². The third kappa shape index (κ3) is 3.01. The second kappa shape index (κ2) is 5.85. The van der Waals surface area contributed by atoms with Crippen molar-refractivity contribution in [1.29, 1.82) is 0 Å². The normalized spacial score (nSPS) is 17.8. The van der Waals surface area contributed by atoms with Gasteiger partial charge in [0.2, 0.25) is 5.13 Å². The molecular formula is C15H19N3OS2. The van der Waals surface area contributed by atoms with Crippen LogP contribution in [0.2, 0.25) is 0 Å². The van der Waals surface area contributed by atoms with Crippen LogP contribution in [0.25, 0.3) is 0 Å². The van der Waals surface area contributed by atoms with Crippen LogP contribution in [0, 0.1) is 5.92 Å². The minimum absolute atomic E-state index is 0.0477. The molecule has 1 N–H and O–H groups in total. The summed E-state index contributed by atoms with van der Waals surface area (Å²) in [5.41, 5.74) is 2.06. The molecule has 4 nitrogen and oxygen atoms in total. The quantitative estimate of drug-likeness (QED) is 0.926. The zero-order valence-electron chi connectivity index (χ0n) is 12.5. The molecule has 2 aromatic rings. The van der Waals surface area contributed by atoms with Crippen LogP contribution in [0.3, 0.4) is 0 Å². The summed E-state index contributed by atoms with van der Waals surface area (Å²) in [6, 6.07) is 0. The first-order valence-corrected chi connectivity index (χ1v) is 8.98. The highest BCUT2D eigenvalue weighted by atomic mass is 32.1. The van der Waals surface area contributed by atoms with Gasteiger partial charge in [-0.25, -0.2) is 0 Å². The molecule has 0 bridgehead atoms. The van der Waals surface area contributed by atoms with E-state index in [1.54, 1.807) is 11.3 Å². The summed E-state index contributed by atoms with van der Waals surface area (Å²) < 4.78 is 0. The largest absolute Gasteiger partial charge is 0.296 e. The second-order valence-corrected chi connectivity index (χ2v) is 7.93. The van der Waals surface area contributed by atoms with Crippen LogP contribution in [0.1, 0.15) is 58.9 Å². The van der Waals surface area contributed by atoms with Gasteiger partial charge in [-0.15, -0.1) is 21.5 Å². The van der Waals surface area contributed by atoms with Crippen molar-refractivity contribution in [2.75, 3.05) is 5.32 Å². The van der Waals surface area contributed by atoms with Crippen molar-refractivity contribution in [2.24, 2.45) is 5.92 Å². The number of aromatic nitrogens is 2. The fraction of sp³-hybridized carbons (Fsp3) is 0.533. The highest BCUT2D eigenvalue weighted by Crippen LogP contribution is 2.33. The van der Waals surface area contributed by atoms with Crippen molar-refractivity contribution in [2.45, 2.75) is 46.0 Å². The third-order valence-corrected chi connectivity index (χ3v) is 5.99. The van der Waals surface area contributed by atoms with Gasteiger partial charge in [-0.05, 0) is 30.7 Å². The van der Waals surface area contributed by atoms with Crippen LogP contribution in [0.4, 0.5) is 5.13 Å². The minimum atomic E-state index is -0.0477. The van der Waals surface area contributed by atoms with E-state index >= 15 is 0 Å². The van der Waals surface area contributed by atoms with Gasteiger partial charge in [0, 0.05) is 16.2 Å². The molecule has 2 heterocycles. The SMILES string of the molecule is CC1CCc2c(C(=O)Nc3nnc(C(C)C)s3)csc2C1. The summed E-state index contributed by atoms with van der Waals surface area (Å²) in [6.45, 7) is 6.42. The Bertz CT molecular complexity index is 660. The molecule has 1 aliphatic rings. The van der Waals surface area contributed by atoms with Crippen LogP contribution in [0.15, 0.2) is 5.38 Å². The van der Waals surface area contributed by atoms with Gasteiger partial charge in [-0.3, -0.25) is 10.1 Å². The molecule has 1 amide bonds. The highest BCUT2D eigenvalue weighted by Gasteiger charge is 2.23. The molecule has 6 heteroatoms. The van der Waals surface area contributed by atoms with Crippen LogP contribution in [-0.4, -0.2) is 16.1 Å². The Kier molecular flexibility index (Phi) is 4.08. The molecule has 2 aromatic heterocycles. The summed E-state index contributed by atoms with van der Waals surface area (Å²) in [6.07, 6.45) is 3.28. The molecule has 0 saturated heterocycles. The molecule has 0 aliphatic heterocycles. The lowest BCUT2D eigenvalue weighted by atomic mass is 9.88. The molecule has 0 spiro atoms. The maximum atomic E-state index is 12.4. The number of amides is 1. The van der Waals surface area contributed by atoms with E-state index in [0.29, 0.717) is 11.0 Å². The predicted molar refractivity (Wildman–Crippen MR) is 87.5 cm³/mol. The average molecular weight is 321 g/mol. The maximum Gasteiger partial charge on any atom is 0.258 e. The lowest BCUT2D eigenvalue weighted by Crippen LogP contribution is -2.16. The fourth-order valence-corrected chi connectivity index (χ4v) is 4.54. The van der Waals surface area contributed by atoms with E-state index in [-0.39, 0.29) is 5.91 Å². The number of nitrogens with one attached hydrogen (secondary N) is 1. The number of thiophene rings is 1. The average Bonchev–Trinajstić information content (AvgIpc) is 3.04. The van der Waals surface area contributed by atoms with Crippen LogP contribution in [-0.2, 0) is 12.8 Å². The molecule has 0 saturated carbocycles. The Morgan fingerprint density at radius 2 is 2.24 bits per heavy atom. The summed E-state index contributed by atoms with van der Waals surface area (Å²) in [4.78, 5) is 13.8. The van der Waals surface area contributed by atoms with Crippen LogP contribution >= 0.6 is 22.7 Å². The summed E-state index contributed by atoms with van der Waals surface area (Å²) in [7, 11) is 0. The van der Waals surface area contributed by atoms with E-state index in [1.165, 1.54) is 28.2 Å². The first-order valence-electron chi connectivity index (χ1n) is 7.28. The lowest BCUT2D eigenvalue weighted by Gasteiger charge is -2.18. The van der Waals surface area contributed by atoms with E-state index < -0.39 is 0 Å². The number of anilines is 1. The zero-order valence-corrected chi connectivity index (χ0v) is 14.1. The number of hydrogen-bond donors (Lipinski definition) is 1. The third-order valence-electron chi connectivity index (χ3n) is 3.80. The topological polar surface area (TPSA) is 54.9 Å². The number of carbonyl (C=O) groups excluding carboxylic acids is 1. The van der Waals surface area contributed by atoms with E-state index in [9.17, 15) is 4.79 Å². The van der Waals surface area contributed by atoms with E-state index in [2.05, 4.69) is 36.3 Å². The summed E-state index contributed by atoms with van der Waals surface area (Å²) in [5, 5.41) is 14.6. The van der Waals surface area contributed by atoms with Gasteiger partial charge in [0.05, 0.1) is 5.56 Å². The number of carbonyl (C=O) groups is 1.